The number of amides is 1. The van der Waals surface area contributed by atoms with Gasteiger partial charge in [0, 0.05) is 30.3 Å². The number of rotatable bonds is 9. The molecular formula is C21H24ClN5O5. The molecule has 3 heterocycles. The fraction of sp³-hybridized carbons (Fsp3) is 0.381. The van der Waals surface area contributed by atoms with Crippen molar-refractivity contribution in [3.05, 3.63) is 41.7 Å². The second kappa shape index (κ2) is 10.5. The lowest BCUT2D eigenvalue weighted by atomic mass is 9.96. The largest absolute Gasteiger partial charge is 0.493 e. The molecule has 10 nitrogen and oxygen atoms in total. The van der Waals surface area contributed by atoms with Crippen LogP contribution in [-0.2, 0) is 14.3 Å². The zero-order chi connectivity index (χ0) is 21.8. The number of carbonyl (C=O) groups is 1. The normalized spacial score (nSPS) is 14.6. The molecular weight excluding hydrogens is 438 g/mol. The summed E-state index contributed by atoms with van der Waals surface area (Å²) in [6.07, 6.45) is 3.09. The predicted molar refractivity (Wildman–Crippen MR) is 119 cm³/mol. The van der Waals surface area contributed by atoms with Crippen molar-refractivity contribution in [2.75, 3.05) is 46.0 Å². The van der Waals surface area contributed by atoms with Crippen LogP contribution < -0.4 is 14.8 Å². The Morgan fingerprint density at radius 3 is 2.62 bits per heavy atom. The van der Waals surface area contributed by atoms with E-state index in [4.69, 9.17) is 18.9 Å². The third-order valence-corrected chi connectivity index (χ3v) is 4.89. The quantitative estimate of drug-likeness (QED) is 0.479. The molecule has 170 valence electrons. The van der Waals surface area contributed by atoms with Crippen LogP contribution in [0.4, 0.5) is 5.82 Å². The van der Waals surface area contributed by atoms with E-state index in [-0.39, 0.29) is 18.3 Å². The minimum absolute atomic E-state index is 0. The summed E-state index contributed by atoms with van der Waals surface area (Å²) in [6.45, 7) is 3.56. The van der Waals surface area contributed by atoms with Crippen LogP contribution in [0.15, 0.2) is 24.7 Å². The van der Waals surface area contributed by atoms with E-state index in [2.05, 4.69) is 25.3 Å². The minimum Gasteiger partial charge on any atom is -0.493 e. The lowest BCUT2D eigenvalue weighted by molar-refractivity contribution is -0.116. The van der Waals surface area contributed by atoms with Crippen LogP contribution in [0.5, 0.6) is 11.5 Å². The molecule has 0 bridgehead atoms. The molecule has 1 atom stereocenters. The highest BCUT2D eigenvalue weighted by atomic mass is 35.5. The highest BCUT2D eigenvalue weighted by molar-refractivity contribution is 6.05. The van der Waals surface area contributed by atoms with Gasteiger partial charge < -0.3 is 24.3 Å². The molecule has 1 amide bonds. The first-order valence-electron chi connectivity index (χ1n) is 9.79. The van der Waals surface area contributed by atoms with Crippen LogP contribution in [0.3, 0.4) is 0 Å². The molecule has 1 aliphatic heterocycles. The van der Waals surface area contributed by atoms with Gasteiger partial charge >= 0.3 is 0 Å². The van der Waals surface area contributed by atoms with Crippen molar-refractivity contribution in [1.82, 2.24) is 19.9 Å². The summed E-state index contributed by atoms with van der Waals surface area (Å²) in [6, 6.07) is 3.56. The van der Waals surface area contributed by atoms with E-state index < -0.39 is 5.92 Å². The molecule has 0 saturated heterocycles. The van der Waals surface area contributed by atoms with Crippen molar-refractivity contribution in [2.24, 2.45) is 0 Å². The molecule has 1 unspecified atom stereocenters. The summed E-state index contributed by atoms with van der Waals surface area (Å²) in [5.41, 5.74) is 1.87. The highest BCUT2D eigenvalue weighted by Crippen LogP contribution is 2.39. The fourth-order valence-corrected chi connectivity index (χ4v) is 3.43. The van der Waals surface area contributed by atoms with E-state index in [1.807, 2.05) is 0 Å². The van der Waals surface area contributed by atoms with E-state index in [0.29, 0.717) is 71.7 Å². The monoisotopic (exact) mass is 461 g/mol. The van der Waals surface area contributed by atoms with E-state index in [1.165, 1.54) is 6.33 Å². The molecule has 0 saturated carbocycles. The molecule has 2 aromatic heterocycles. The molecule has 1 aliphatic rings. The third kappa shape index (κ3) is 4.72. The van der Waals surface area contributed by atoms with Crippen LogP contribution in [0.2, 0.25) is 0 Å². The lowest BCUT2D eigenvalue weighted by Gasteiger charge is -2.15. The summed E-state index contributed by atoms with van der Waals surface area (Å²) in [7, 11) is 3.18. The molecule has 1 N–H and O–H groups in total. The van der Waals surface area contributed by atoms with Crippen molar-refractivity contribution >= 4 is 35.0 Å². The van der Waals surface area contributed by atoms with Gasteiger partial charge in [-0.3, -0.25) is 4.79 Å². The second-order valence-electron chi connectivity index (χ2n) is 6.88. The molecule has 1 aromatic carbocycles. The number of methoxy groups -OCH3 is 2. The first-order valence-corrected chi connectivity index (χ1v) is 9.79. The van der Waals surface area contributed by atoms with Gasteiger partial charge in [0.25, 0.3) is 0 Å². The van der Waals surface area contributed by atoms with Gasteiger partial charge in [0.1, 0.15) is 30.5 Å². The van der Waals surface area contributed by atoms with Crippen molar-refractivity contribution in [3.63, 3.8) is 0 Å². The Morgan fingerprint density at radius 1 is 1.03 bits per heavy atom. The van der Waals surface area contributed by atoms with Gasteiger partial charge in [0.2, 0.25) is 5.91 Å². The summed E-state index contributed by atoms with van der Waals surface area (Å²) in [5, 5.41) is 3.50. The molecule has 0 radical (unpaired) electrons. The number of aryl methyl sites for hydroxylation is 1. The second-order valence-corrected chi connectivity index (χ2v) is 6.88. The average Bonchev–Trinajstić information content (AvgIpc) is 3.09. The number of hydrogen-bond donors (Lipinski definition) is 1. The molecule has 32 heavy (non-hydrogen) atoms. The van der Waals surface area contributed by atoms with Gasteiger partial charge in [-0.15, -0.1) is 12.4 Å². The number of halogens is 1. The number of fused-ring (bicyclic) bond motifs is 2. The number of carbonyl (C=O) groups excluding carboxylic acids is 1. The maximum absolute atomic E-state index is 12.7. The van der Waals surface area contributed by atoms with Gasteiger partial charge in [0.05, 0.1) is 38.1 Å². The van der Waals surface area contributed by atoms with Gasteiger partial charge in [0.15, 0.2) is 11.5 Å². The predicted octanol–water partition coefficient (Wildman–Crippen LogP) is 2.28. The Morgan fingerprint density at radius 2 is 1.84 bits per heavy atom. The maximum atomic E-state index is 12.7. The Bertz CT molecular complexity index is 1110. The highest BCUT2D eigenvalue weighted by Gasteiger charge is 2.36. The zero-order valence-corrected chi connectivity index (χ0v) is 18.8. The summed E-state index contributed by atoms with van der Waals surface area (Å²) in [4.78, 5) is 30.1. The molecule has 0 aliphatic carbocycles. The number of ether oxygens (including phenoxy) is 4. The van der Waals surface area contributed by atoms with Crippen LogP contribution in [0.1, 0.15) is 23.0 Å². The SMILES string of the molecule is COCCOCCOc1cc2ncnc(C3C(=O)Nc4nc(C)ncc43)c2cc1OC.Cl. The van der Waals surface area contributed by atoms with E-state index >= 15 is 0 Å². The minimum atomic E-state index is -0.633. The van der Waals surface area contributed by atoms with Gasteiger partial charge in [-0.25, -0.2) is 19.9 Å². The lowest BCUT2D eigenvalue weighted by Crippen LogP contribution is -2.15. The van der Waals surface area contributed by atoms with Gasteiger partial charge in [-0.1, -0.05) is 0 Å². The number of benzene rings is 1. The van der Waals surface area contributed by atoms with Gasteiger partial charge in [-0.2, -0.15) is 0 Å². The first kappa shape index (κ1) is 23.6. The maximum Gasteiger partial charge on any atom is 0.239 e. The van der Waals surface area contributed by atoms with E-state index in [1.54, 1.807) is 39.5 Å². The molecule has 4 rings (SSSR count). The molecule has 0 spiro atoms. The van der Waals surface area contributed by atoms with E-state index in [0.717, 1.165) is 0 Å². The molecule has 11 heteroatoms. The Labute approximate surface area is 191 Å². The zero-order valence-electron chi connectivity index (χ0n) is 18.0. The standard InChI is InChI=1S/C21H23N5O5.ClH/c1-12-22-10-14-18(21(27)26-20(14)25-12)19-13-8-16(29-3)17(9-15(13)23-11-24-19)31-7-6-30-5-4-28-2;/h8-11,18H,4-7H2,1-3H3,(H,22,25,26,27);1H. The van der Waals surface area contributed by atoms with Gasteiger partial charge in [-0.05, 0) is 13.0 Å². The van der Waals surface area contributed by atoms with Crippen molar-refractivity contribution < 1.29 is 23.7 Å². The topological polar surface area (TPSA) is 118 Å². The first-order chi connectivity index (χ1) is 15.1. The fourth-order valence-electron chi connectivity index (χ4n) is 3.43. The van der Waals surface area contributed by atoms with Crippen LogP contribution in [0.25, 0.3) is 10.9 Å². The van der Waals surface area contributed by atoms with Crippen molar-refractivity contribution in [3.8, 4) is 11.5 Å². The number of anilines is 1. The van der Waals surface area contributed by atoms with Crippen LogP contribution >= 0.6 is 12.4 Å². The third-order valence-electron chi connectivity index (χ3n) is 4.89. The summed E-state index contributed by atoms with van der Waals surface area (Å²) < 4.78 is 21.7. The summed E-state index contributed by atoms with van der Waals surface area (Å²) in [5.74, 6) is 1.30. The smallest absolute Gasteiger partial charge is 0.239 e. The molecule has 3 aromatic rings. The number of nitrogens with one attached hydrogen (secondary N) is 1. The number of nitrogens with zero attached hydrogens (tertiary/aromatic N) is 4. The van der Waals surface area contributed by atoms with E-state index in [9.17, 15) is 4.79 Å². The Balaban J connectivity index is 0.00000289. The number of hydrogen-bond acceptors (Lipinski definition) is 9. The van der Waals surface area contributed by atoms with Crippen molar-refractivity contribution in [2.45, 2.75) is 12.8 Å². The summed E-state index contributed by atoms with van der Waals surface area (Å²) >= 11 is 0. The Hall–Kier alpha value is -3.08. The Kier molecular flexibility index (Phi) is 7.73. The van der Waals surface area contributed by atoms with Crippen LogP contribution in [-0.4, -0.2) is 66.5 Å². The molecule has 0 fully saturated rings. The van der Waals surface area contributed by atoms with Crippen molar-refractivity contribution in [1.29, 1.82) is 0 Å². The average molecular weight is 462 g/mol. The van der Waals surface area contributed by atoms with Crippen LogP contribution in [0, 0.1) is 6.92 Å². The number of aromatic nitrogens is 4.